The van der Waals surface area contributed by atoms with Crippen molar-refractivity contribution < 1.29 is 4.39 Å². The summed E-state index contributed by atoms with van der Waals surface area (Å²) in [6.45, 7) is 4.18. The molecule has 1 aromatic carbocycles. The van der Waals surface area contributed by atoms with E-state index in [1.54, 1.807) is 12.4 Å². The van der Waals surface area contributed by atoms with Gasteiger partial charge in [-0.05, 0) is 41.8 Å². The van der Waals surface area contributed by atoms with E-state index in [0.29, 0.717) is 0 Å². The quantitative estimate of drug-likeness (QED) is 0.915. The number of halogens is 1. The monoisotopic (exact) mass is 258 g/mol. The molecule has 2 rings (SSSR count). The van der Waals surface area contributed by atoms with Gasteiger partial charge in [0.25, 0.3) is 0 Å². The summed E-state index contributed by atoms with van der Waals surface area (Å²) in [4.78, 5) is 4.00. The molecule has 1 heterocycles. The van der Waals surface area contributed by atoms with Crippen LogP contribution in [0.5, 0.6) is 0 Å². The summed E-state index contributed by atoms with van der Waals surface area (Å²) in [6.07, 6.45) is 4.31. The van der Waals surface area contributed by atoms with Crippen LogP contribution in [-0.2, 0) is 11.8 Å². The smallest absolute Gasteiger partial charge is 0.123 e. The van der Waals surface area contributed by atoms with Crippen molar-refractivity contribution in [1.29, 1.82) is 0 Å². The molecule has 2 aromatic rings. The highest BCUT2D eigenvalue weighted by atomic mass is 19.1. The minimum absolute atomic E-state index is 0.0413. The molecule has 0 saturated carbocycles. The maximum absolute atomic E-state index is 13.0. The first-order valence-corrected chi connectivity index (χ1v) is 6.40. The molecule has 2 N–H and O–H groups in total. The van der Waals surface area contributed by atoms with Gasteiger partial charge in [0.2, 0.25) is 0 Å². The summed E-state index contributed by atoms with van der Waals surface area (Å²) in [6, 6.07) is 10.5. The lowest BCUT2D eigenvalue weighted by Crippen LogP contribution is -2.42. The third-order valence-corrected chi connectivity index (χ3v) is 3.72. The molecule has 0 amide bonds. The molecule has 1 unspecified atom stereocenters. The van der Waals surface area contributed by atoms with E-state index in [1.165, 1.54) is 12.1 Å². The zero-order valence-corrected chi connectivity index (χ0v) is 11.3. The van der Waals surface area contributed by atoms with Crippen LogP contribution in [0.3, 0.4) is 0 Å². The molecule has 1 atom stereocenters. The van der Waals surface area contributed by atoms with Gasteiger partial charge in [-0.2, -0.15) is 0 Å². The molecule has 0 spiro atoms. The van der Waals surface area contributed by atoms with Crippen LogP contribution >= 0.6 is 0 Å². The van der Waals surface area contributed by atoms with E-state index in [0.717, 1.165) is 17.5 Å². The molecule has 0 bridgehead atoms. The molecular formula is C16H19FN2. The predicted octanol–water partition coefficient (Wildman–Crippen LogP) is 3.07. The van der Waals surface area contributed by atoms with Gasteiger partial charge in [0.15, 0.2) is 0 Å². The van der Waals surface area contributed by atoms with E-state index in [2.05, 4.69) is 18.8 Å². The van der Waals surface area contributed by atoms with Crippen LogP contribution in [0.25, 0.3) is 0 Å². The van der Waals surface area contributed by atoms with E-state index in [4.69, 9.17) is 5.73 Å². The van der Waals surface area contributed by atoms with Gasteiger partial charge in [-0.1, -0.05) is 26.0 Å². The summed E-state index contributed by atoms with van der Waals surface area (Å²) < 4.78 is 13.0. The molecule has 0 aliphatic carbocycles. The highest BCUT2D eigenvalue weighted by Crippen LogP contribution is 2.28. The van der Waals surface area contributed by atoms with Crippen LogP contribution in [0.2, 0.25) is 0 Å². The van der Waals surface area contributed by atoms with E-state index < -0.39 is 0 Å². The largest absolute Gasteiger partial charge is 0.327 e. The Kier molecular flexibility index (Phi) is 3.96. The van der Waals surface area contributed by atoms with Crippen LogP contribution < -0.4 is 5.73 Å². The van der Waals surface area contributed by atoms with Gasteiger partial charge in [-0.15, -0.1) is 0 Å². The number of hydrogen-bond acceptors (Lipinski definition) is 2. The molecular weight excluding hydrogens is 239 g/mol. The molecule has 100 valence electrons. The van der Waals surface area contributed by atoms with Crippen LogP contribution in [0.15, 0.2) is 48.8 Å². The Morgan fingerprint density at radius 3 is 2.26 bits per heavy atom. The van der Waals surface area contributed by atoms with E-state index in [-0.39, 0.29) is 17.3 Å². The molecule has 1 aromatic heterocycles. The lowest BCUT2D eigenvalue weighted by atomic mass is 9.76. The van der Waals surface area contributed by atoms with Crippen molar-refractivity contribution in [2.45, 2.75) is 31.7 Å². The third-order valence-electron chi connectivity index (χ3n) is 3.72. The average molecular weight is 258 g/mol. The zero-order valence-electron chi connectivity index (χ0n) is 11.3. The number of pyridine rings is 1. The van der Waals surface area contributed by atoms with Crippen molar-refractivity contribution in [3.63, 3.8) is 0 Å². The lowest BCUT2D eigenvalue weighted by Gasteiger charge is -2.32. The third kappa shape index (κ3) is 3.18. The maximum atomic E-state index is 13.0. The molecule has 3 heteroatoms. The average Bonchev–Trinajstić information content (AvgIpc) is 2.40. The number of rotatable bonds is 4. The van der Waals surface area contributed by atoms with Gasteiger partial charge in [0.1, 0.15) is 5.82 Å². The molecule has 0 fully saturated rings. The first-order chi connectivity index (χ1) is 9.00. The summed E-state index contributed by atoms with van der Waals surface area (Å²) in [7, 11) is 0. The fourth-order valence-electron chi connectivity index (χ4n) is 2.12. The second kappa shape index (κ2) is 5.49. The Labute approximate surface area is 113 Å². The van der Waals surface area contributed by atoms with Gasteiger partial charge in [0.05, 0.1) is 0 Å². The van der Waals surface area contributed by atoms with E-state index in [1.807, 2.05) is 24.3 Å². The first kappa shape index (κ1) is 13.7. The van der Waals surface area contributed by atoms with E-state index in [9.17, 15) is 4.39 Å². The zero-order chi connectivity index (χ0) is 13.9. The standard InChI is InChI=1S/C16H19FN2/c1-16(2,13-3-5-14(17)6-4-13)15(18)11-12-7-9-19-10-8-12/h3-10,15H,11,18H2,1-2H3. The van der Waals surface area contributed by atoms with Gasteiger partial charge in [0, 0.05) is 23.9 Å². The van der Waals surface area contributed by atoms with Gasteiger partial charge < -0.3 is 5.73 Å². The normalized spacial score (nSPS) is 13.3. The van der Waals surface area contributed by atoms with Crippen molar-refractivity contribution in [3.05, 3.63) is 65.7 Å². The molecule has 0 aliphatic heterocycles. The molecule has 0 saturated heterocycles. The molecule has 0 radical (unpaired) electrons. The number of nitrogens with two attached hydrogens (primary N) is 1. The van der Waals surface area contributed by atoms with Crippen molar-refractivity contribution in [2.75, 3.05) is 0 Å². The SMILES string of the molecule is CC(C)(c1ccc(F)cc1)C(N)Cc1ccncc1. The Hall–Kier alpha value is -1.74. The minimum Gasteiger partial charge on any atom is -0.327 e. The topological polar surface area (TPSA) is 38.9 Å². The Morgan fingerprint density at radius 2 is 1.68 bits per heavy atom. The van der Waals surface area contributed by atoms with Gasteiger partial charge in [-0.3, -0.25) is 4.98 Å². The van der Waals surface area contributed by atoms with Crippen molar-refractivity contribution >= 4 is 0 Å². The predicted molar refractivity (Wildman–Crippen MR) is 75.3 cm³/mol. The Morgan fingerprint density at radius 1 is 1.11 bits per heavy atom. The second-order valence-corrected chi connectivity index (χ2v) is 5.39. The maximum Gasteiger partial charge on any atom is 0.123 e. The fraction of sp³-hybridized carbons (Fsp3) is 0.312. The first-order valence-electron chi connectivity index (χ1n) is 6.40. The summed E-state index contributed by atoms with van der Waals surface area (Å²) in [5.74, 6) is -0.220. The number of hydrogen-bond donors (Lipinski definition) is 1. The summed E-state index contributed by atoms with van der Waals surface area (Å²) in [5.41, 5.74) is 8.34. The molecule has 0 aliphatic rings. The van der Waals surface area contributed by atoms with Crippen molar-refractivity contribution in [3.8, 4) is 0 Å². The van der Waals surface area contributed by atoms with Gasteiger partial charge >= 0.3 is 0 Å². The molecule has 19 heavy (non-hydrogen) atoms. The van der Waals surface area contributed by atoms with Crippen LogP contribution in [-0.4, -0.2) is 11.0 Å². The van der Waals surface area contributed by atoms with Crippen molar-refractivity contribution in [2.24, 2.45) is 5.73 Å². The number of nitrogens with zero attached hydrogens (tertiary/aromatic N) is 1. The van der Waals surface area contributed by atoms with E-state index >= 15 is 0 Å². The number of aromatic nitrogens is 1. The van der Waals surface area contributed by atoms with Crippen LogP contribution in [0.1, 0.15) is 25.0 Å². The second-order valence-electron chi connectivity index (χ2n) is 5.39. The van der Waals surface area contributed by atoms with Crippen LogP contribution in [0, 0.1) is 5.82 Å². The van der Waals surface area contributed by atoms with Crippen LogP contribution in [0.4, 0.5) is 4.39 Å². The van der Waals surface area contributed by atoms with Gasteiger partial charge in [-0.25, -0.2) is 4.39 Å². The fourth-order valence-corrected chi connectivity index (χ4v) is 2.12. The summed E-state index contributed by atoms with van der Waals surface area (Å²) in [5, 5.41) is 0. The Balaban J connectivity index is 2.17. The lowest BCUT2D eigenvalue weighted by molar-refractivity contribution is 0.406. The summed E-state index contributed by atoms with van der Waals surface area (Å²) >= 11 is 0. The van der Waals surface area contributed by atoms with Crippen molar-refractivity contribution in [1.82, 2.24) is 4.98 Å². The Bertz CT molecular complexity index is 520. The highest BCUT2D eigenvalue weighted by Gasteiger charge is 2.28. The molecule has 2 nitrogen and oxygen atoms in total. The number of benzene rings is 1. The highest BCUT2D eigenvalue weighted by molar-refractivity contribution is 5.27. The minimum atomic E-state index is -0.220.